The predicted octanol–water partition coefficient (Wildman–Crippen LogP) is 19.5. The number of esters is 3. The molecule has 0 aromatic heterocycles. The van der Waals surface area contributed by atoms with Gasteiger partial charge in [-0.2, -0.15) is 0 Å². The molecule has 70 heavy (non-hydrogen) atoms. The molecular weight excluding hydrogens is 865 g/mol. The van der Waals surface area contributed by atoms with Gasteiger partial charge in [-0.3, -0.25) is 14.4 Å². The van der Waals surface area contributed by atoms with Crippen molar-refractivity contribution in [2.24, 2.45) is 0 Å². The molecule has 1 atom stereocenters. The van der Waals surface area contributed by atoms with E-state index < -0.39 is 6.10 Å². The Labute approximate surface area is 431 Å². The van der Waals surface area contributed by atoms with Crippen LogP contribution in [0.15, 0.2) is 109 Å². The minimum atomic E-state index is -0.803. The average Bonchev–Trinajstić information content (AvgIpc) is 3.36. The summed E-state index contributed by atoms with van der Waals surface area (Å²) in [6.07, 6.45) is 77.9. The van der Waals surface area contributed by atoms with Crippen LogP contribution < -0.4 is 0 Å². The van der Waals surface area contributed by atoms with E-state index in [4.69, 9.17) is 14.2 Å². The van der Waals surface area contributed by atoms with Crippen LogP contribution in [0.4, 0.5) is 0 Å². The number of rotatable bonds is 51. The molecule has 398 valence electrons. The maximum Gasteiger partial charge on any atom is 0.306 e. The third kappa shape index (κ3) is 55.0. The Hall–Kier alpha value is -3.93. The predicted molar refractivity (Wildman–Crippen MR) is 302 cm³/mol. The van der Waals surface area contributed by atoms with Crippen LogP contribution in [0.3, 0.4) is 0 Å². The number of carbonyl (C=O) groups excluding carboxylic acids is 3. The summed E-state index contributed by atoms with van der Waals surface area (Å²) < 4.78 is 16.8. The zero-order valence-corrected chi connectivity index (χ0v) is 45.5. The van der Waals surface area contributed by atoms with E-state index in [1.165, 1.54) is 103 Å². The van der Waals surface area contributed by atoms with E-state index in [9.17, 15) is 14.4 Å². The molecule has 0 fully saturated rings. The van der Waals surface area contributed by atoms with Crippen LogP contribution in [0.1, 0.15) is 258 Å². The van der Waals surface area contributed by atoms with Gasteiger partial charge in [-0.1, -0.05) is 271 Å². The molecule has 6 nitrogen and oxygen atoms in total. The summed E-state index contributed by atoms with van der Waals surface area (Å²) >= 11 is 0. The zero-order chi connectivity index (χ0) is 50.7. The monoisotopic (exact) mass is 971 g/mol. The minimum absolute atomic E-state index is 0.102. The lowest BCUT2D eigenvalue weighted by Crippen LogP contribution is -2.30. The molecular formula is C64H106O6. The molecule has 0 aromatic rings. The van der Waals surface area contributed by atoms with Crippen LogP contribution in [0, 0.1) is 0 Å². The van der Waals surface area contributed by atoms with Gasteiger partial charge in [0, 0.05) is 19.3 Å². The Kier molecular flexibility index (Phi) is 54.4. The molecule has 0 saturated heterocycles. The van der Waals surface area contributed by atoms with Crippen molar-refractivity contribution in [3.05, 3.63) is 109 Å². The second-order valence-corrected chi connectivity index (χ2v) is 18.9. The maximum atomic E-state index is 12.9. The number of allylic oxidation sites excluding steroid dienone is 18. The van der Waals surface area contributed by atoms with Gasteiger partial charge < -0.3 is 14.2 Å². The molecule has 0 radical (unpaired) electrons. The van der Waals surface area contributed by atoms with Gasteiger partial charge in [0.05, 0.1) is 0 Å². The summed E-state index contributed by atoms with van der Waals surface area (Å²) in [6.45, 7) is 6.40. The lowest BCUT2D eigenvalue weighted by Gasteiger charge is -2.18. The Morgan fingerprint density at radius 1 is 0.314 bits per heavy atom. The topological polar surface area (TPSA) is 78.9 Å². The Morgan fingerprint density at radius 2 is 0.643 bits per heavy atom. The normalized spacial score (nSPS) is 12.9. The summed E-state index contributed by atoms with van der Waals surface area (Å²) in [6, 6.07) is 0. The number of hydrogen-bond acceptors (Lipinski definition) is 6. The molecule has 1 unspecified atom stereocenters. The number of unbranched alkanes of at least 4 members (excludes halogenated alkanes) is 26. The molecule has 6 heteroatoms. The highest BCUT2D eigenvalue weighted by atomic mass is 16.6. The van der Waals surface area contributed by atoms with Gasteiger partial charge in [0.15, 0.2) is 6.10 Å². The first-order chi connectivity index (χ1) is 34.5. The lowest BCUT2D eigenvalue weighted by molar-refractivity contribution is -0.167. The summed E-state index contributed by atoms with van der Waals surface area (Å²) in [4.78, 5) is 38.2. The summed E-state index contributed by atoms with van der Waals surface area (Å²) in [5, 5.41) is 0. The van der Waals surface area contributed by atoms with E-state index in [0.717, 1.165) is 116 Å². The molecule has 0 aliphatic rings. The van der Waals surface area contributed by atoms with Crippen molar-refractivity contribution in [3.63, 3.8) is 0 Å². The minimum Gasteiger partial charge on any atom is -0.462 e. The Morgan fingerprint density at radius 3 is 1.07 bits per heavy atom. The standard InChI is InChI=1S/C64H106O6/c1-4-7-10-13-16-19-22-25-28-31-33-36-39-42-45-48-51-54-57-63(66)69-60-61(59-68-62(65)56-53-50-47-44-41-38-35-30-27-24-21-18-15-12-9-6-3)70-64(67)58-55-52-49-46-43-40-37-34-32-29-26-23-20-17-14-11-8-5-2/h9-10,12-13,16,18-19,21-22,25,27-28,30-31,33,36,38,41,61H,4-8,11,14-15,17,20,23-24,26,29,32,34-35,37,39-40,42-60H2,1-3H3/b12-9-,13-10-,19-16-,21-18-,25-22-,30-27-,31-28-,36-33-,41-38-. The smallest absolute Gasteiger partial charge is 0.306 e. The lowest BCUT2D eigenvalue weighted by atomic mass is 10.0. The highest BCUT2D eigenvalue weighted by Crippen LogP contribution is 2.16. The van der Waals surface area contributed by atoms with Crippen LogP contribution in [0.5, 0.6) is 0 Å². The van der Waals surface area contributed by atoms with Crippen molar-refractivity contribution < 1.29 is 28.6 Å². The van der Waals surface area contributed by atoms with Crippen molar-refractivity contribution >= 4 is 17.9 Å². The quantitative estimate of drug-likeness (QED) is 0.0199. The molecule has 0 amide bonds. The van der Waals surface area contributed by atoms with Gasteiger partial charge in [-0.05, 0) is 77.0 Å². The highest BCUT2D eigenvalue weighted by molar-refractivity contribution is 5.71. The van der Waals surface area contributed by atoms with Crippen molar-refractivity contribution in [1.82, 2.24) is 0 Å². The fourth-order valence-electron chi connectivity index (χ4n) is 7.82. The highest BCUT2D eigenvalue weighted by Gasteiger charge is 2.19. The van der Waals surface area contributed by atoms with Crippen molar-refractivity contribution in [3.8, 4) is 0 Å². The van der Waals surface area contributed by atoms with Gasteiger partial charge in [-0.25, -0.2) is 0 Å². The van der Waals surface area contributed by atoms with Crippen LogP contribution in [0.2, 0.25) is 0 Å². The van der Waals surface area contributed by atoms with E-state index in [2.05, 4.69) is 106 Å². The van der Waals surface area contributed by atoms with Crippen molar-refractivity contribution in [2.75, 3.05) is 13.2 Å². The van der Waals surface area contributed by atoms with Gasteiger partial charge in [0.25, 0.3) is 0 Å². The fraction of sp³-hybridized carbons (Fsp3) is 0.672. The largest absolute Gasteiger partial charge is 0.462 e. The van der Waals surface area contributed by atoms with E-state index >= 15 is 0 Å². The maximum absolute atomic E-state index is 12.9. The molecule has 0 bridgehead atoms. The summed E-state index contributed by atoms with van der Waals surface area (Å²) in [5.41, 5.74) is 0. The number of ether oxygens (including phenoxy) is 3. The summed E-state index contributed by atoms with van der Waals surface area (Å²) in [7, 11) is 0. The first-order valence-electron chi connectivity index (χ1n) is 29.0. The molecule has 0 aliphatic carbocycles. The number of hydrogen-bond donors (Lipinski definition) is 0. The third-order valence-electron chi connectivity index (χ3n) is 12.1. The van der Waals surface area contributed by atoms with Crippen LogP contribution >= 0.6 is 0 Å². The second-order valence-electron chi connectivity index (χ2n) is 18.9. The van der Waals surface area contributed by atoms with Gasteiger partial charge in [0.1, 0.15) is 13.2 Å². The second kappa shape index (κ2) is 57.6. The number of carbonyl (C=O) groups is 3. The van der Waals surface area contributed by atoms with Gasteiger partial charge in [0.2, 0.25) is 0 Å². The third-order valence-corrected chi connectivity index (χ3v) is 12.1. The van der Waals surface area contributed by atoms with Crippen LogP contribution in [-0.2, 0) is 28.6 Å². The van der Waals surface area contributed by atoms with Crippen molar-refractivity contribution in [1.29, 1.82) is 0 Å². The van der Waals surface area contributed by atoms with Gasteiger partial charge >= 0.3 is 17.9 Å². The van der Waals surface area contributed by atoms with E-state index in [-0.39, 0.29) is 31.1 Å². The van der Waals surface area contributed by atoms with Gasteiger partial charge in [-0.15, -0.1) is 0 Å². The summed E-state index contributed by atoms with van der Waals surface area (Å²) in [5.74, 6) is -0.951. The fourth-order valence-corrected chi connectivity index (χ4v) is 7.82. The molecule has 0 aliphatic heterocycles. The Balaban J connectivity index is 4.48. The van der Waals surface area contributed by atoms with Crippen LogP contribution in [-0.4, -0.2) is 37.2 Å². The molecule has 0 N–H and O–H groups in total. The van der Waals surface area contributed by atoms with E-state index in [0.29, 0.717) is 19.3 Å². The zero-order valence-electron chi connectivity index (χ0n) is 45.5. The first-order valence-corrected chi connectivity index (χ1v) is 29.0. The molecule has 0 spiro atoms. The first kappa shape index (κ1) is 66.1. The van der Waals surface area contributed by atoms with E-state index in [1.807, 2.05) is 24.3 Å². The molecule has 0 rings (SSSR count). The SMILES string of the molecule is CC/C=C\C/C=C\C/C=C\C/C=C\CCCCCC(=O)OCC(COC(=O)CCCCCCC\C=C/C=C\C=C/C=C\C=C/CCC)OC(=O)CCCCCCCCCCCCCCCCCCCC. The van der Waals surface area contributed by atoms with E-state index in [1.54, 1.807) is 0 Å². The van der Waals surface area contributed by atoms with Crippen LogP contribution in [0.25, 0.3) is 0 Å². The molecule has 0 saturated carbocycles. The average molecular weight is 972 g/mol. The molecule has 0 heterocycles. The Bertz CT molecular complexity index is 1440. The molecule has 0 aromatic carbocycles. The van der Waals surface area contributed by atoms with Crippen molar-refractivity contribution in [2.45, 2.75) is 264 Å².